The summed E-state index contributed by atoms with van der Waals surface area (Å²) in [4.78, 5) is 0. The number of benzene rings is 1. The molecule has 0 aliphatic rings. The highest BCUT2D eigenvalue weighted by molar-refractivity contribution is 5.43. The minimum atomic E-state index is 0.546. The van der Waals surface area contributed by atoms with Crippen molar-refractivity contribution in [2.24, 2.45) is 11.7 Å². The first kappa shape index (κ1) is 15.0. The lowest BCUT2D eigenvalue weighted by Crippen LogP contribution is -2.14. The Balaban J connectivity index is 3.11. The smallest absolute Gasteiger partial charge is 0.122 e. The molecule has 1 unspecified atom stereocenters. The summed E-state index contributed by atoms with van der Waals surface area (Å²) in [5.41, 5.74) is 9.71. The number of aryl methyl sites for hydroxylation is 2. The Labute approximate surface area is 112 Å². The van der Waals surface area contributed by atoms with Gasteiger partial charge < -0.3 is 10.5 Å². The summed E-state index contributed by atoms with van der Waals surface area (Å²) >= 11 is 0. The van der Waals surface area contributed by atoms with E-state index in [4.69, 9.17) is 10.5 Å². The van der Waals surface area contributed by atoms with Gasteiger partial charge in [0, 0.05) is 0 Å². The first-order valence-corrected chi connectivity index (χ1v) is 6.95. The number of hydrogen-bond donors (Lipinski definition) is 1. The maximum Gasteiger partial charge on any atom is 0.122 e. The molecule has 1 aromatic carbocycles. The first-order chi connectivity index (χ1) is 8.51. The highest BCUT2D eigenvalue weighted by Crippen LogP contribution is 2.33. The minimum absolute atomic E-state index is 0.546. The largest absolute Gasteiger partial charge is 0.494 e. The lowest BCUT2D eigenvalue weighted by atomic mass is 9.83. The SMILES string of the molecule is CCOc1cc(C)c(C(CCN)C(C)C)cc1C. The Morgan fingerprint density at radius 2 is 1.83 bits per heavy atom. The molecule has 102 valence electrons. The molecular weight excluding hydrogens is 222 g/mol. The molecule has 0 saturated carbocycles. The van der Waals surface area contributed by atoms with E-state index in [-0.39, 0.29) is 0 Å². The van der Waals surface area contributed by atoms with E-state index >= 15 is 0 Å². The summed E-state index contributed by atoms with van der Waals surface area (Å²) in [5, 5.41) is 0. The molecule has 0 fully saturated rings. The summed E-state index contributed by atoms with van der Waals surface area (Å²) in [6.45, 7) is 12.3. The molecule has 2 nitrogen and oxygen atoms in total. The predicted molar refractivity (Wildman–Crippen MR) is 78.3 cm³/mol. The maximum atomic E-state index is 5.75. The summed E-state index contributed by atoms with van der Waals surface area (Å²) < 4.78 is 5.65. The number of nitrogens with two attached hydrogens (primary N) is 1. The molecule has 0 aromatic heterocycles. The van der Waals surface area contributed by atoms with Gasteiger partial charge in [-0.15, -0.1) is 0 Å². The Kier molecular flexibility index (Phi) is 5.67. The van der Waals surface area contributed by atoms with Gasteiger partial charge in [-0.05, 0) is 68.3 Å². The summed E-state index contributed by atoms with van der Waals surface area (Å²) in [7, 11) is 0. The van der Waals surface area contributed by atoms with Crippen LogP contribution in [0.4, 0.5) is 0 Å². The van der Waals surface area contributed by atoms with Gasteiger partial charge in [-0.2, -0.15) is 0 Å². The molecule has 1 aromatic rings. The van der Waals surface area contributed by atoms with Crippen LogP contribution in [0.5, 0.6) is 5.75 Å². The summed E-state index contributed by atoms with van der Waals surface area (Å²) in [6.07, 6.45) is 1.05. The van der Waals surface area contributed by atoms with E-state index in [0.717, 1.165) is 25.3 Å². The van der Waals surface area contributed by atoms with Crippen molar-refractivity contribution in [3.8, 4) is 5.75 Å². The third-order valence-corrected chi connectivity index (χ3v) is 3.55. The van der Waals surface area contributed by atoms with Gasteiger partial charge in [-0.3, -0.25) is 0 Å². The molecule has 0 spiro atoms. The van der Waals surface area contributed by atoms with Crippen molar-refractivity contribution >= 4 is 0 Å². The topological polar surface area (TPSA) is 35.2 Å². The van der Waals surface area contributed by atoms with Crippen molar-refractivity contribution in [2.45, 2.75) is 47.0 Å². The van der Waals surface area contributed by atoms with Crippen LogP contribution in [0.3, 0.4) is 0 Å². The van der Waals surface area contributed by atoms with Gasteiger partial charge in [0.15, 0.2) is 0 Å². The molecule has 0 amide bonds. The maximum absolute atomic E-state index is 5.75. The van der Waals surface area contributed by atoms with Crippen molar-refractivity contribution in [2.75, 3.05) is 13.2 Å². The zero-order chi connectivity index (χ0) is 13.7. The summed E-state index contributed by atoms with van der Waals surface area (Å²) in [6, 6.07) is 4.45. The highest BCUT2D eigenvalue weighted by Gasteiger charge is 2.18. The van der Waals surface area contributed by atoms with E-state index in [0.29, 0.717) is 11.8 Å². The fraction of sp³-hybridized carbons (Fsp3) is 0.625. The van der Waals surface area contributed by atoms with Crippen LogP contribution in [0, 0.1) is 19.8 Å². The van der Waals surface area contributed by atoms with Gasteiger partial charge in [0.1, 0.15) is 5.75 Å². The fourth-order valence-electron chi connectivity index (χ4n) is 2.55. The minimum Gasteiger partial charge on any atom is -0.494 e. The predicted octanol–water partition coefficient (Wildman–Crippen LogP) is 3.79. The molecule has 0 heterocycles. The Morgan fingerprint density at radius 1 is 1.17 bits per heavy atom. The van der Waals surface area contributed by atoms with E-state index < -0.39 is 0 Å². The van der Waals surface area contributed by atoms with Gasteiger partial charge in [0.25, 0.3) is 0 Å². The lowest BCUT2D eigenvalue weighted by molar-refractivity contribution is 0.337. The Morgan fingerprint density at radius 3 is 2.33 bits per heavy atom. The van der Waals surface area contributed by atoms with Gasteiger partial charge in [-0.1, -0.05) is 19.9 Å². The van der Waals surface area contributed by atoms with Crippen LogP contribution in [-0.2, 0) is 0 Å². The molecule has 0 aliphatic heterocycles. The van der Waals surface area contributed by atoms with E-state index in [1.165, 1.54) is 16.7 Å². The lowest BCUT2D eigenvalue weighted by Gasteiger charge is -2.24. The van der Waals surface area contributed by atoms with Crippen LogP contribution < -0.4 is 10.5 Å². The quantitative estimate of drug-likeness (QED) is 0.832. The normalized spacial score (nSPS) is 12.8. The second kappa shape index (κ2) is 6.79. The van der Waals surface area contributed by atoms with Gasteiger partial charge in [-0.25, -0.2) is 0 Å². The molecule has 0 radical (unpaired) electrons. The van der Waals surface area contributed by atoms with Crippen molar-refractivity contribution in [1.29, 1.82) is 0 Å². The number of ether oxygens (including phenoxy) is 1. The first-order valence-electron chi connectivity index (χ1n) is 6.95. The van der Waals surface area contributed by atoms with Crippen LogP contribution in [0.15, 0.2) is 12.1 Å². The third kappa shape index (κ3) is 3.49. The number of hydrogen-bond acceptors (Lipinski definition) is 2. The van der Waals surface area contributed by atoms with Gasteiger partial charge in [0.2, 0.25) is 0 Å². The molecule has 0 aliphatic carbocycles. The molecule has 1 atom stereocenters. The average Bonchev–Trinajstić information content (AvgIpc) is 2.31. The van der Waals surface area contributed by atoms with Crippen LogP contribution in [0.1, 0.15) is 49.8 Å². The monoisotopic (exact) mass is 249 g/mol. The van der Waals surface area contributed by atoms with Crippen molar-refractivity contribution < 1.29 is 4.74 Å². The van der Waals surface area contributed by atoms with Crippen molar-refractivity contribution in [3.63, 3.8) is 0 Å². The molecule has 0 saturated heterocycles. The molecular formula is C16H27NO. The Bertz CT molecular complexity index is 385. The number of rotatable bonds is 6. The highest BCUT2D eigenvalue weighted by atomic mass is 16.5. The second-order valence-electron chi connectivity index (χ2n) is 5.34. The standard InChI is InChI=1S/C16H27NO/c1-6-18-16-10-12(4)15(9-13(16)5)14(7-8-17)11(2)3/h9-11,14H,6-8,17H2,1-5H3. The third-order valence-electron chi connectivity index (χ3n) is 3.55. The molecule has 0 bridgehead atoms. The molecule has 2 N–H and O–H groups in total. The fourth-order valence-corrected chi connectivity index (χ4v) is 2.55. The summed E-state index contributed by atoms with van der Waals surface area (Å²) in [5.74, 6) is 2.17. The molecule has 1 rings (SSSR count). The molecule has 2 heteroatoms. The van der Waals surface area contributed by atoms with Crippen molar-refractivity contribution in [3.05, 3.63) is 28.8 Å². The molecule has 18 heavy (non-hydrogen) atoms. The van der Waals surface area contributed by atoms with Gasteiger partial charge in [0.05, 0.1) is 6.61 Å². The van der Waals surface area contributed by atoms with Crippen LogP contribution >= 0.6 is 0 Å². The van der Waals surface area contributed by atoms with E-state index in [1.54, 1.807) is 0 Å². The second-order valence-corrected chi connectivity index (χ2v) is 5.34. The Hall–Kier alpha value is -1.02. The van der Waals surface area contributed by atoms with Crippen LogP contribution in [-0.4, -0.2) is 13.2 Å². The van der Waals surface area contributed by atoms with E-state index in [2.05, 4.69) is 39.8 Å². The van der Waals surface area contributed by atoms with Gasteiger partial charge >= 0.3 is 0 Å². The van der Waals surface area contributed by atoms with Crippen LogP contribution in [0.2, 0.25) is 0 Å². The average molecular weight is 249 g/mol. The van der Waals surface area contributed by atoms with E-state index in [9.17, 15) is 0 Å². The zero-order valence-electron chi connectivity index (χ0n) is 12.4. The van der Waals surface area contributed by atoms with Crippen LogP contribution in [0.25, 0.3) is 0 Å². The van der Waals surface area contributed by atoms with Crippen molar-refractivity contribution in [1.82, 2.24) is 0 Å². The van der Waals surface area contributed by atoms with E-state index in [1.807, 2.05) is 6.92 Å². The zero-order valence-corrected chi connectivity index (χ0v) is 12.4.